The normalized spacial score (nSPS) is 19.3. The number of rotatable bonds is 3. The van der Waals surface area contributed by atoms with Crippen LogP contribution < -0.4 is 9.64 Å². The number of anilines is 2. The van der Waals surface area contributed by atoms with E-state index in [0.29, 0.717) is 0 Å². The van der Waals surface area contributed by atoms with Gasteiger partial charge in [-0.05, 0) is 110 Å². The number of hydrogen-bond acceptors (Lipinski definition) is 2. The van der Waals surface area contributed by atoms with Crippen LogP contribution >= 0.6 is 0 Å². The first kappa shape index (κ1) is 32.2. The Kier molecular flexibility index (Phi) is 6.56. The molecule has 0 N–H and O–H groups in total. The van der Waals surface area contributed by atoms with Crippen LogP contribution in [-0.2, 0) is 23.9 Å². The van der Waals surface area contributed by atoms with Gasteiger partial charge < -0.3 is 9.64 Å². The molecule has 274 valence electrons. The number of fused-ring (bicyclic) bond motifs is 13. The van der Waals surface area contributed by atoms with Crippen molar-refractivity contribution in [3.05, 3.63) is 232 Å². The van der Waals surface area contributed by atoms with Crippen LogP contribution in [0.25, 0.3) is 45.2 Å². The van der Waals surface area contributed by atoms with E-state index in [1.165, 1.54) is 100 Å². The first-order valence-electron chi connectivity index (χ1n) is 20.8. The first-order chi connectivity index (χ1) is 28.8. The van der Waals surface area contributed by atoms with E-state index in [9.17, 15) is 0 Å². The molecule has 3 aliphatic carbocycles. The van der Waals surface area contributed by atoms with Crippen molar-refractivity contribution in [2.45, 2.75) is 30.3 Å². The van der Waals surface area contributed by atoms with Crippen LogP contribution in [0.15, 0.2) is 176 Å². The van der Waals surface area contributed by atoms with Crippen molar-refractivity contribution in [3.63, 3.8) is 0 Å². The largest absolute Gasteiger partial charge is 0.477 e. The van der Waals surface area contributed by atoms with Gasteiger partial charge in [0.2, 0.25) is 0 Å². The van der Waals surface area contributed by atoms with Crippen LogP contribution in [0.1, 0.15) is 62.1 Å². The van der Waals surface area contributed by atoms with E-state index in [0.717, 1.165) is 31.6 Å². The van der Waals surface area contributed by atoms with Crippen molar-refractivity contribution in [3.8, 4) is 28.0 Å². The van der Waals surface area contributed by atoms with E-state index in [1.54, 1.807) is 0 Å². The average Bonchev–Trinajstić information content (AvgIpc) is 3.95. The van der Waals surface area contributed by atoms with Crippen LogP contribution in [0, 0.1) is 0 Å². The first-order valence-corrected chi connectivity index (χ1v) is 20.8. The van der Waals surface area contributed by atoms with Crippen molar-refractivity contribution in [1.29, 1.82) is 0 Å². The Morgan fingerprint density at radius 3 is 1.91 bits per heavy atom. The van der Waals surface area contributed by atoms with E-state index >= 15 is 0 Å². The number of benzene rings is 8. The highest BCUT2D eigenvalue weighted by Gasteiger charge is 2.56. The number of para-hydroxylation sites is 1. The van der Waals surface area contributed by atoms with Gasteiger partial charge >= 0.3 is 0 Å². The Bertz CT molecular complexity index is 3040. The Morgan fingerprint density at radius 1 is 0.500 bits per heavy atom. The summed E-state index contributed by atoms with van der Waals surface area (Å²) < 4.78 is 7.89. The predicted octanol–water partition coefficient (Wildman–Crippen LogP) is 13.2. The van der Waals surface area contributed by atoms with E-state index in [1.807, 2.05) is 0 Å². The van der Waals surface area contributed by atoms with Crippen molar-refractivity contribution in [2.24, 2.45) is 0 Å². The summed E-state index contributed by atoms with van der Waals surface area (Å²) in [6, 6.07) is 61.2. The highest BCUT2D eigenvalue weighted by molar-refractivity contribution is 6.10. The molecule has 2 nitrogen and oxygen atoms in total. The third-order valence-corrected chi connectivity index (χ3v) is 13.9. The fourth-order valence-corrected chi connectivity index (χ4v) is 11.6. The Hall–Kier alpha value is -6.90. The van der Waals surface area contributed by atoms with Gasteiger partial charge in [-0.25, -0.2) is 0 Å². The zero-order valence-corrected chi connectivity index (χ0v) is 32.1. The minimum absolute atomic E-state index is 0.494. The van der Waals surface area contributed by atoms with Crippen LogP contribution in [0.5, 0.6) is 5.75 Å². The van der Waals surface area contributed by atoms with Crippen molar-refractivity contribution >= 4 is 34.3 Å². The molecule has 58 heavy (non-hydrogen) atoms. The highest BCUT2D eigenvalue weighted by atomic mass is 16.5. The second-order valence-electron chi connectivity index (χ2n) is 16.5. The zero-order valence-electron chi connectivity index (χ0n) is 32.1. The van der Waals surface area contributed by atoms with Gasteiger partial charge in [0.15, 0.2) is 5.60 Å². The lowest BCUT2D eigenvalue weighted by atomic mass is 9.67. The Balaban J connectivity index is 1.08. The van der Waals surface area contributed by atoms with Gasteiger partial charge in [0, 0.05) is 34.4 Å². The topological polar surface area (TPSA) is 12.5 Å². The number of nitrogens with zero attached hydrogens (tertiary/aromatic N) is 1. The van der Waals surface area contributed by atoms with Gasteiger partial charge in [-0.1, -0.05) is 170 Å². The van der Waals surface area contributed by atoms with Gasteiger partial charge in [-0.15, -0.1) is 0 Å². The van der Waals surface area contributed by atoms with Crippen molar-refractivity contribution in [2.75, 3.05) is 11.4 Å². The van der Waals surface area contributed by atoms with E-state index in [-0.39, 0.29) is 0 Å². The van der Waals surface area contributed by atoms with Gasteiger partial charge in [0.25, 0.3) is 0 Å². The number of hydrogen-bond donors (Lipinski definition) is 0. The summed E-state index contributed by atoms with van der Waals surface area (Å²) in [7, 11) is 0. The molecule has 2 aliphatic heterocycles. The maximum atomic E-state index is 7.89. The van der Waals surface area contributed by atoms with E-state index < -0.39 is 11.0 Å². The third-order valence-electron chi connectivity index (χ3n) is 13.9. The molecule has 8 aromatic carbocycles. The minimum atomic E-state index is -0.675. The molecule has 0 saturated carbocycles. The standard InChI is InChI=1S/C56H39NO/c1-2-19-39(20-3-1)55(40-28-30-41(31-29-40)57-35-33-36-14-6-11-27-49(36)57)34-32-45-53-52(42-21-7-8-22-43(42)54(45)58-55)44-23-9-10-24-46(44)56(53)47-25-12-17-37-15-4-5-16-38-18-13-26-48(56)51(38)50(37)47/h1-31H,32-35H2/b5-4?,15-4-,16-5-,37-15?,38-16?. The summed E-state index contributed by atoms with van der Waals surface area (Å²) in [6.07, 6.45) is 11.7. The molecular weight excluding hydrogens is 703 g/mol. The van der Waals surface area contributed by atoms with E-state index in [2.05, 4.69) is 193 Å². The summed E-state index contributed by atoms with van der Waals surface area (Å²) in [5.41, 5.74) is 19.9. The van der Waals surface area contributed by atoms with Gasteiger partial charge in [0.05, 0.1) is 5.41 Å². The van der Waals surface area contributed by atoms with Crippen LogP contribution in [-0.4, -0.2) is 6.54 Å². The Morgan fingerprint density at radius 2 is 1.14 bits per heavy atom. The molecule has 5 aliphatic rings. The molecular formula is C56H39NO. The van der Waals surface area contributed by atoms with Gasteiger partial charge in [-0.3, -0.25) is 0 Å². The van der Waals surface area contributed by atoms with E-state index in [4.69, 9.17) is 4.74 Å². The molecule has 0 aromatic heterocycles. The minimum Gasteiger partial charge on any atom is -0.477 e. The molecule has 0 saturated heterocycles. The second kappa shape index (κ2) is 11.8. The molecule has 0 bridgehead atoms. The third kappa shape index (κ3) is 4.07. The summed E-state index contributed by atoms with van der Waals surface area (Å²) in [5, 5.41) is 2.43. The molecule has 0 fully saturated rings. The summed E-state index contributed by atoms with van der Waals surface area (Å²) in [5.74, 6) is 1.01. The predicted molar refractivity (Wildman–Crippen MR) is 238 cm³/mol. The maximum absolute atomic E-state index is 7.89. The second-order valence-corrected chi connectivity index (χ2v) is 16.5. The van der Waals surface area contributed by atoms with Gasteiger partial charge in [-0.2, -0.15) is 0 Å². The molecule has 13 rings (SSSR count). The summed E-state index contributed by atoms with van der Waals surface area (Å²) in [6.45, 7) is 0.995. The zero-order chi connectivity index (χ0) is 38.0. The maximum Gasteiger partial charge on any atom is 0.159 e. The van der Waals surface area contributed by atoms with Crippen molar-refractivity contribution < 1.29 is 4.74 Å². The lowest BCUT2D eigenvalue weighted by Gasteiger charge is -2.42. The molecule has 8 aromatic rings. The molecule has 2 heteroatoms. The molecule has 1 unspecified atom stereocenters. The summed E-state index contributed by atoms with van der Waals surface area (Å²) >= 11 is 0. The van der Waals surface area contributed by atoms with Gasteiger partial charge in [0.1, 0.15) is 5.75 Å². The Labute approximate surface area is 339 Å². The summed E-state index contributed by atoms with van der Waals surface area (Å²) in [4.78, 5) is 2.46. The average molecular weight is 742 g/mol. The number of ether oxygens (including phenoxy) is 1. The molecule has 1 spiro atoms. The van der Waals surface area contributed by atoms with Crippen molar-refractivity contribution in [1.82, 2.24) is 0 Å². The monoisotopic (exact) mass is 741 g/mol. The number of allylic oxidation sites excluding steroid dienone is 2. The van der Waals surface area contributed by atoms with Crippen LogP contribution in [0.4, 0.5) is 11.4 Å². The molecule has 0 radical (unpaired) electrons. The lowest BCUT2D eigenvalue weighted by molar-refractivity contribution is 0.0868. The smallest absolute Gasteiger partial charge is 0.159 e. The fraction of sp³-hybridized carbons (Fsp3) is 0.107. The molecule has 1 atom stereocenters. The molecule has 2 heterocycles. The lowest BCUT2D eigenvalue weighted by Crippen LogP contribution is -2.39. The SMILES string of the molecule is C1=C\c2cccc3c2-c2c(cccc2C32c3ccccc3-c3c2c2c(c4ccccc34)OC(c3ccccc3)(c3ccc(N4CCc5ccccc54)cc3)CC2)\C=C/1. The van der Waals surface area contributed by atoms with Crippen LogP contribution in [0.2, 0.25) is 0 Å². The quantitative estimate of drug-likeness (QED) is 0.179. The van der Waals surface area contributed by atoms with Crippen LogP contribution in [0.3, 0.4) is 0 Å². The fourth-order valence-electron chi connectivity index (χ4n) is 11.6. The molecule has 0 amide bonds. The highest BCUT2D eigenvalue weighted by Crippen LogP contribution is 2.68.